The fourth-order valence-corrected chi connectivity index (χ4v) is 3.22. The summed E-state index contributed by atoms with van der Waals surface area (Å²) in [5.41, 5.74) is 2.55. The summed E-state index contributed by atoms with van der Waals surface area (Å²) in [5, 5.41) is 8.81. The fraction of sp³-hybridized carbons (Fsp3) is 0.500. The zero-order chi connectivity index (χ0) is 16.4. The summed E-state index contributed by atoms with van der Waals surface area (Å²) in [5.74, 6) is 0. The van der Waals surface area contributed by atoms with E-state index in [0.717, 1.165) is 31.2 Å². The molecule has 0 spiro atoms. The third kappa shape index (κ3) is 3.94. The molecule has 0 amide bonds. The molecule has 1 unspecified atom stereocenters. The van der Waals surface area contributed by atoms with Crippen LogP contribution in [0.15, 0.2) is 36.7 Å². The lowest BCUT2D eigenvalue weighted by Crippen LogP contribution is -2.45. The highest BCUT2D eigenvalue weighted by atomic mass is 35.5. The van der Waals surface area contributed by atoms with Crippen LogP contribution in [0, 0.1) is 0 Å². The second kappa shape index (κ2) is 6.63. The van der Waals surface area contributed by atoms with Gasteiger partial charge in [0, 0.05) is 49.0 Å². The van der Waals surface area contributed by atoms with Crippen molar-refractivity contribution in [1.82, 2.24) is 20.0 Å². The van der Waals surface area contributed by atoms with Gasteiger partial charge in [-0.3, -0.25) is 9.58 Å². The summed E-state index contributed by atoms with van der Waals surface area (Å²) in [6, 6.07) is 8.54. The molecule has 1 aliphatic heterocycles. The van der Waals surface area contributed by atoms with Crippen LogP contribution in [-0.4, -0.2) is 34.3 Å². The summed E-state index contributed by atoms with van der Waals surface area (Å²) in [6.45, 7) is 10.4. The first kappa shape index (κ1) is 16.5. The van der Waals surface area contributed by atoms with Crippen molar-refractivity contribution in [3.05, 3.63) is 52.8 Å². The summed E-state index contributed by atoms with van der Waals surface area (Å²) in [6.07, 6.45) is 4.15. The van der Waals surface area contributed by atoms with E-state index in [2.05, 4.69) is 54.4 Å². The van der Waals surface area contributed by atoms with Crippen LogP contribution in [0.25, 0.3) is 0 Å². The molecule has 5 heteroatoms. The van der Waals surface area contributed by atoms with Gasteiger partial charge in [0.25, 0.3) is 0 Å². The van der Waals surface area contributed by atoms with Crippen LogP contribution < -0.4 is 5.32 Å². The van der Waals surface area contributed by atoms with Crippen LogP contribution in [0.5, 0.6) is 0 Å². The molecule has 124 valence electrons. The van der Waals surface area contributed by atoms with E-state index in [1.165, 1.54) is 11.1 Å². The maximum Gasteiger partial charge on any atom is 0.0543 e. The molecule has 1 fully saturated rings. The molecule has 4 nitrogen and oxygen atoms in total. The summed E-state index contributed by atoms with van der Waals surface area (Å²) in [4.78, 5) is 2.51. The monoisotopic (exact) mass is 332 g/mol. The van der Waals surface area contributed by atoms with Crippen LogP contribution in [0.2, 0.25) is 5.02 Å². The normalized spacial score (nSPS) is 19.9. The minimum absolute atomic E-state index is 0.0219. The van der Waals surface area contributed by atoms with E-state index < -0.39 is 0 Å². The topological polar surface area (TPSA) is 33.1 Å². The molecule has 1 aromatic heterocycles. The minimum Gasteiger partial charge on any atom is -0.314 e. The zero-order valence-electron chi connectivity index (χ0n) is 14.1. The first-order valence-electron chi connectivity index (χ1n) is 8.18. The van der Waals surface area contributed by atoms with Gasteiger partial charge in [-0.05, 0) is 38.5 Å². The van der Waals surface area contributed by atoms with Gasteiger partial charge >= 0.3 is 0 Å². The molecule has 1 aliphatic rings. The number of piperazine rings is 1. The number of aromatic nitrogens is 2. The van der Waals surface area contributed by atoms with Crippen molar-refractivity contribution in [1.29, 1.82) is 0 Å². The summed E-state index contributed by atoms with van der Waals surface area (Å²) < 4.78 is 2.04. The van der Waals surface area contributed by atoms with E-state index in [1.54, 1.807) is 0 Å². The standard InChI is InChI=1S/C18H25ClN4/c1-18(2,3)23-13-14(10-21-23)12-22-8-7-20-11-17(22)15-5-4-6-16(19)9-15/h4-6,9-10,13,17,20H,7-8,11-12H2,1-3H3. The quantitative estimate of drug-likeness (QED) is 0.934. The SMILES string of the molecule is CC(C)(C)n1cc(CN2CCNCC2c2cccc(Cl)c2)cn1. The van der Waals surface area contributed by atoms with Gasteiger partial charge in [0.05, 0.1) is 11.7 Å². The molecule has 23 heavy (non-hydrogen) atoms. The first-order valence-corrected chi connectivity index (χ1v) is 8.55. The average Bonchev–Trinajstić information content (AvgIpc) is 2.96. The molecule has 0 aliphatic carbocycles. The molecule has 0 radical (unpaired) electrons. The second-order valence-electron chi connectivity index (χ2n) is 7.21. The third-order valence-corrected chi connectivity index (χ3v) is 4.53. The number of benzene rings is 1. The number of halogens is 1. The van der Waals surface area contributed by atoms with E-state index >= 15 is 0 Å². The smallest absolute Gasteiger partial charge is 0.0543 e. The Bertz CT molecular complexity index is 659. The molecular formula is C18H25ClN4. The highest BCUT2D eigenvalue weighted by molar-refractivity contribution is 6.30. The zero-order valence-corrected chi connectivity index (χ0v) is 14.8. The van der Waals surface area contributed by atoms with E-state index in [0.29, 0.717) is 6.04 Å². The van der Waals surface area contributed by atoms with Gasteiger partial charge in [-0.2, -0.15) is 5.10 Å². The molecule has 2 heterocycles. The highest BCUT2D eigenvalue weighted by Gasteiger charge is 2.24. The van der Waals surface area contributed by atoms with Crippen molar-refractivity contribution in [2.45, 2.75) is 38.9 Å². The van der Waals surface area contributed by atoms with E-state index in [9.17, 15) is 0 Å². The van der Waals surface area contributed by atoms with Crippen LogP contribution in [-0.2, 0) is 12.1 Å². The largest absolute Gasteiger partial charge is 0.314 e. The Kier molecular flexibility index (Phi) is 4.76. The molecule has 0 bridgehead atoms. The van der Waals surface area contributed by atoms with Crippen LogP contribution >= 0.6 is 11.6 Å². The van der Waals surface area contributed by atoms with E-state index in [-0.39, 0.29) is 5.54 Å². The maximum absolute atomic E-state index is 6.17. The number of hydrogen-bond donors (Lipinski definition) is 1. The first-order chi connectivity index (χ1) is 10.9. The number of nitrogens with one attached hydrogen (secondary N) is 1. The van der Waals surface area contributed by atoms with Gasteiger partial charge in [0.15, 0.2) is 0 Å². The lowest BCUT2D eigenvalue weighted by molar-refractivity contribution is 0.153. The molecule has 3 rings (SSSR count). The summed E-state index contributed by atoms with van der Waals surface area (Å²) in [7, 11) is 0. The van der Waals surface area contributed by atoms with Gasteiger partial charge in [-0.1, -0.05) is 23.7 Å². The Hall–Kier alpha value is -1.36. The minimum atomic E-state index is 0.0219. The van der Waals surface area contributed by atoms with Crippen LogP contribution in [0.1, 0.15) is 37.9 Å². The van der Waals surface area contributed by atoms with Crippen molar-refractivity contribution >= 4 is 11.6 Å². The predicted molar refractivity (Wildman–Crippen MR) is 94.7 cm³/mol. The van der Waals surface area contributed by atoms with Crippen molar-refractivity contribution < 1.29 is 0 Å². The molecule has 1 aromatic carbocycles. The molecule has 1 N–H and O–H groups in total. The maximum atomic E-state index is 6.17. The molecule has 1 atom stereocenters. The summed E-state index contributed by atoms with van der Waals surface area (Å²) >= 11 is 6.17. The Labute approximate surface area is 143 Å². The Balaban J connectivity index is 1.78. The third-order valence-electron chi connectivity index (χ3n) is 4.30. The van der Waals surface area contributed by atoms with Gasteiger partial charge in [-0.15, -0.1) is 0 Å². The van der Waals surface area contributed by atoms with Crippen LogP contribution in [0.3, 0.4) is 0 Å². The van der Waals surface area contributed by atoms with Gasteiger partial charge in [-0.25, -0.2) is 0 Å². The predicted octanol–water partition coefficient (Wildman–Crippen LogP) is 3.44. The average molecular weight is 333 g/mol. The van der Waals surface area contributed by atoms with Crippen molar-refractivity contribution in [2.75, 3.05) is 19.6 Å². The lowest BCUT2D eigenvalue weighted by atomic mass is 10.0. The Morgan fingerprint density at radius 3 is 2.87 bits per heavy atom. The lowest BCUT2D eigenvalue weighted by Gasteiger charge is -2.36. The van der Waals surface area contributed by atoms with Gasteiger partial charge < -0.3 is 5.32 Å². The molecule has 2 aromatic rings. The van der Waals surface area contributed by atoms with Gasteiger partial charge in [0.1, 0.15) is 0 Å². The van der Waals surface area contributed by atoms with Crippen LogP contribution in [0.4, 0.5) is 0 Å². The number of rotatable bonds is 3. The van der Waals surface area contributed by atoms with Gasteiger partial charge in [0.2, 0.25) is 0 Å². The Morgan fingerprint density at radius 1 is 1.35 bits per heavy atom. The number of nitrogens with zero attached hydrogens (tertiary/aromatic N) is 3. The number of hydrogen-bond acceptors (Lipinski definition) is 3. The van der Waals surface area contributed by atoms with Crippen molar-refractivity contribution in [3.8, 4) is 0 Å². The van der Waals surface area contributed by atoms with E-state index in [1.807, 2.05) is 23.0 Å². The van der Waals surface area contributed by atoms with E-state index in [4.69, 9.17) is 11.6 Å². The van der Waals surface area contributed by atoms with Crippen molar-refractivity contribution in [3.63, 3.8) is 0 Å². The molecule has 1 saturated heterocycles. The Morgan fingerprint density at radius 2 is 2.17 bits per heavy atom. The fourth-order valence-electron chi connectivity index (χ4n) is 3.02. The highest BCUT2D eigenvalue weighted by Crippen LogP contribution is 2.26. The molecular weight excluding hydrogens is 308 g/mol. The van der Waals surface area contributed by atoms with Crippen molar-refractivity contribution in [2.24, 2.45) is 0 Å². The second-order valence-corrected chi connectivity index (χ2v) is 7.65. The molecule has 0 saturated carbocycles.